The summed E-state index contributed by atoms with van der Waals surface area (Å²) < 4.78 is 0. The molecule has 3 aliphatic rings. The van der Waals surface area contributed by atoms with Crippen LogP contribution in [0.3, 0.4) is 0 Å². The molecule has 0 N–H and O–H groups in total. The topological polar surface area (TPSA) is 23.6 Å². The molecule has 3 fully saturated rings. The summed E-state index contributed by atoms with van der Waals surface area (Å²) >= 11 is 0. The van der Waals surface area contributed by atoms with Crippen molar-refractivity contribution < 1.29 is 4.79 Å². The number of piperazine rings is 3. The lowest BCUT2D eigenvalue weighted by molar-refractivity contribution is 0.0159. The molecule has 4 rings (SSSR count). The van der Waals surface area contributed by atoms with E-state index in [2.05, 4.69) is 9.80 Å². The first-order chi connectivity index (χ1) is 7.84. The molecule has 84 valence electrons. The lowest BCUT2D eigenvalue weighted by atomic mass is 9.98. The van der Waals surface area contributed by atoms with Gasteiger partial charge in [0.15, 0.2) is 5.78 Å². The van der Waals surface area contributed by atoms with Crippen molar-refractivity contribution in [1.82, 2.24) is 9.80 Å². The average Bonchev–Trinajstić information content (AvgIpc) is 2.40. The molecule has 3 nitrogen and oxygen atoms in total. The van der Waals surface area contributed by atoms with Crippen molar-refractivity contribution >= 4 is 5.78 Å². The van der Waals surface area contributed by atoms with Gasteiger partial charge in [0, 0.05) is 38.3 Å². The molecule has 1 atom stereocenters. The van der Waals surface area contributed by atoms with Gasteiger partial charge in [0.05, 0.1) is 6.04 Å². The zero-order valence-electron chi connectivity index (χ0n) is 9.30. The van der Waals surface area contributed by atoms with Crippen LogP contribution in [0.1, 0.15) is 10.4 Å². The van der Waals surface area contributed by atoms with Gasteiger partial charge in [-0.3, -0.25) is 14.6 Å². The minimum Gasteiger partial charge on any atom is -0.299 e. The second-order valence-electron chi connectivity index (χ2n) is 4.58. The Morgan fingerprint density at radius 3 is 2.31 bits per heavy atom. The normalized spacial score (nSPS) is 32.6. The molecule has 1 unspecified atom stereocenters. The number of benzene rings is 1. The van der Waals surface area contributed by atoms with Crippen LogP contribution in [0.2, 0.25) is 0 Å². The first kappa shape index (κ1) is 10.00. The van der Waals surface area contributed by atoms with Crippen molar-refractivity contribution in [3.8, 4) is 0 Å². The van der Waals surface area contributed by atoms with Gasteiger partial charge in [-0.15, -0.1) is 0 Å². The summed E-state index contributed by atoms with van der Waals surface area (Å²) in [5.41, 5.74) is 0.848. The third-order valence-corrected chi connectivity index (χ3v) is 3.64. The molecule has 16 heavy (non-hydrogen) atoms. The minimum atomic E-state index is 0.0879. The Labute approximate surface area is 95.7 Å². The van der Waals surface area contributed by atoms with Crippen LogP contribution >= 0.6 is 0 Å². The number of fused-ring (bicyclic) bond motifs is 3. The molecule has 3 heterocycles. The molecular formula is C13H16N2O. The SMILES string of the molecule is O=C(c1ccccc1)C1CN2CCN1CC2. The highest BCUT2D eigenvalue weighted by Gasteiger charge is 2.36. The van der Waals surface area contributed by atoms with Crippen LogP contribution in [-0.4, -0.2) is 54.3 Å². The van der Waals surface area contributed by atoms with Gasteiger partial charge in [-0.25, -0.2) is 0 Å². The largest absolute Gasteiger partial charge is 0.299 e. The number of hydrogen-bond acceptors (Lipinski definition) is 3. The van der Waals surface area contributed by atoms with E-state index in [4.69, 9.17) is 0 Å². The molecule has 1 aromatic rings. The van der Waals surface area contributed by atoms with E-state index in [1.807, 2.05) is 30.3 Å². The van der Waals surface area contributed by atoms with Crippen molar-refractivity contribution in [2.24, 2.45) is 0 Å². The van der Waals surface area contributed by atoms with E-state index in [0.717, 1.165) is 38.3 Å². The monoisotopic (exact) mass is 216 g/mol. The molecule has 3 aliphatic heterocycles. The third kappa shape index (κ3) is 1.66. The smallest absolute Gasteiger partial charge is 0.181 e. The van der Waals surface area contributed by atoms with Crippen LogP contribution < -0.4 is 0 Å². The zero-order valence-corrected chi connectivity index (χ0v) is 9.30. The molecule has 0 aliphatic carbocycles. The van der Waals surface area contributed by atoms with Gasteiger partial charge in [0.25, 0.3) is 0 Å². The van der Waals surface area contributed by atoms with E-state index < -0.39 is 0 Å². The zero-order chi connectivity index (χ0) is 11.0. The average molecular weight is 216 g/mol. The number of nitrogens with zero attached hydrogens (tertiary/aromatic N) is 2. The Hall–Kier alpha value is -1.19. The maximum absolute atomic E-state index is 12.3. The van der Waals surface area contributed by atoms with Crippen LogP contribution in [0, 0.1) is 0 Å². The second kappa shape index (κ2) is 4.00. The van der Waals surface area contributed by atoms with E-state index in [1.165, 1.54) is 0 Å². The summed E-state index contributed by atoms with van der Waals surface area (Å²) in [5.74, 6) is 0.282. The standard InChI is InChI=1S/C13H16N2O/c16-13(11-4-2-1-3-5-11)12-10-14-6-8-15(12)9-7-14/h1-5,12H,6-10H2. The van der Waals surface area contributed by atoms with Gasteiger partial charge in [0.1, 0.15) is 0 Å². The third-order valence-electron chi connectivity index (χ3n) is 3.64. The summed E-state index contributed by atoms with van der Waals surface area (Å²) in [7, 11) is 0. The Morgan fingerprint density at radius 1 is 1.06 bits per heavy atom. The van der Waals surface area contributed by atoms with Gasteiger partial charge >= 0.3 is 0 Å². The van der Waals surface area contributed by atoms with E-state index in [-0.39, 0.29) is 11.8 Å². The number of Topliss-reactive ketones (excluding diaryl/α,β-unsaturated/α-hetero) is 1. The predicted molar refractivity (Wildman–Crippen MR) is 62.6 cm³/mol. The molecule has 0 spiro atoms. The molecule has 0 saturated carbocycles. The van der Waals surface area contributed by atoms with E-state index in [1.54, 1.807) is 0 Å². The Morgan fingerprint density at radius 2 is 1.75 bits per heavy atom. The van der Waals surface area contributed by atoms with E-state index in [0.29, 0.717) is 0 Å². The summed E-state index contributed by atoms with van der Waals surface area (Å²) in [6.07, 6.45) is 0. The quantitative estimate of drug-likeness (QED) is 0.685. The predicted octanol–water partition coefficient (Wildman–Crippen LogP) is 0.869. The van der Waals surface area contributed by atoms with Gasteiger partial charge < -0.3 is 0 Å². The fourth-order valence-electron chi connectivity index (χ4n) is 2.66. The highest BCUT2D eigenvalue weighted by Crippen LogP contribution is 2.19. The van der Waals surface area contributed by atoms with Crippen molar-refractivity contribution in [1.29, 1.82) is 0 Å². The number of hydrogen-bond donors (Lipinski definition) is 0. The highest BCUT2D eigenvalue weighted by atomic mass is 16.1. The Bertz CT molecular complexity index is 382. The van der Waals surface area contributed by atoms with Gasteiger partial charge in [-0.1, -0.05) is 30.3 Å². The molecule has 0 amide bonds. The molecule has 2 bridgehead atoms. The lowest BCUT2D eigenvalue weighted by Crippen LogP contribution is -2.63. The number of rotatable bonds is 2. The maximum Gasteiger partial charge on any atom is 0.181 e. The number of ketones is 1. The number of carbonyl (C=O) groups excluding carboxylic acids is 1. The van der Waals surface area contributed by atoms with Crippen molar-refractivity contribution in [2.45, 2.75) is 6.04 Å². The van der Waals surface area contributed by atoms with Gasteiger partial charge in [-0.2, -0.15) is 0 Å². The lowest BCUT2D eigenvalue weighted by Gasteiger charge is -2.46. The van der Waals surface area contributed by atoms with Gasteiger partial charge in [-0.05, 0) is 0 Å². The van der Waals surface area contributed by atoms with Gasteiger partial charge in [0.2, 0.25) is 0 Å². The Balaban J connectivity index is 1.81. The van der Waals surface area contributed by atoms with Crippen molar-refractivity contribution in [3.05, 3.63) is 35.9 Å². The molecule has 3 heteroatoms. The summed E-state index contributed by atoms with van der Waals surface area (Å²) in [6.45, 7) is 5.25. The fourth-order valence-corrected chi connectivity index (χ4v) is 2.66. The van der Waals surface area contributed by atoms with E-state index >= 15 is 0 Å². The molecular weight excluding hydrogens is 200 g/mol. The fraction of sp³-hybridized carbons (Fsp3) is 0.462. The molecule has 0 radical (unpaired) electrons. The summed E-state index contributed by atoms with van der Waals surface area (Å²) in [4.78, 5) is 17.0. The van der Waals surface area contributed by atoms with Crippen LogP contribution in [-0.2, 0) is 0 Å². The first-order valence-electron chi connectivity index (χ1n) is 5.90. The first-order valence-corrected chi connectivity index (χ1v) is 5.90. The summed E-state index contributed by atoms with van der Waals surface area (Å²) in [5, 5.41) is 0. The van der Waals surface area contributed by atoms with E-state index in [9.17, 15) is 4.79 Å². The number of carbonyl (C=O) groups is 1. The molecule has 3 saturated heterocycles. The minimum absolute atomic E-state index is 0.0879. The summed E-state index contributed by atoms with van der Waals surface area (Å²) in [6, 6.07) is 9.74. The van der Waals surface area contributed by atoms with Crippen molar-refractivity contribution in [2.75, 3.05) is 32.7 Å². The highest BCUT2D eigenvalue weighted by molar-refractivity contribution is 6.00. The van der Waals surface area contributed by atoms with Crippen molar-refractivity contribution in [3.63, 3.8) is 0 Å². The molecule has 1 aromatic carbocycles. The van der Waals surface area contributed by atoms with Crippen LogP contribution in [0.15, 0.2) is 30.3 Å². The molecule has 0 aromatic heterocycles. The Kier molecular flexibility index (Phi) is 2.50. The second-order valence-corrected chi connectivity index (χ2v) is 4.58. The van der Waals surface area contributed by atoms with Crippen LogP contribution in [0.5, 0.6) is 0 Å². The van der Waals surface area contributed by atoms with Crippen LogP contribution in [0.25, 0.3) is 0 Å². The van der Waals surface area contributed by atoms with Crippen LogP contribution in [0.4, 0.5) is 0 Å². The maximum atomic E-state index is 12.3.